The Balaban J connectivity index is 1.66. The molecule has 1 saturated heterocycles. The molecule has 1 fully saturated rings. The van der Waals surface area contributed by atoms with Crippen LogP contribution in [0.2, 0.25) is 5.02 Å². The van der Waals surface area contributed by atoms with Crippen molar-refractivity contribution in [2.45, 2.75) is 45.8 Å². The third kappa shape index (κ3) is 5.23. The van der Waals surface area contributed by atoms with Crippen molar-refractivity contribution >= 4 is 17.6 Å². The summed E-state index contributed by atoms with van der Waals surface area (Å²) in [5.41, 5.74) is 1.01. The molecular weight excluding hydrogens is 374 g/mol. The second-order valence-corrected chi connectivity index (χ2v) is 7.54. The van der Waals surface area contributed by atoms with Gasteiger partial charge in [-0.05, 0) is 44.5 Å². The Morgan fingerprint density at radius 1 is 1.29 bits per heavy atom. The molecule has 1 unspecified atom stereocenters. The van der Waals surface area contributed by atoms with Crippen LogP contribution in [-0.2, 0) is 20.1 Å². The van der Waals surface area contributed by atoms with E-state index in [1.54, 1.807) is 0 Å². The van der Waals surface area contributed by atoms with E-state index >= 15 is 0 Å². The number of aryl methyl sites for hydroxylation is 1. The van der Waals surface area contributed by atoms with Crippen molar-refractivity contribution in [2.24, 2.45) is 12.0 Å². The molecule has 1 aliphatic rings. The Hall–Kier alpha value is -2.12. The summed E-state index contributed by atoms with van der Waals surface area (Å²) < 4.78 is 1.98. The zero-order valence-electron chi connectivity index (χ0n) is 17.0. The van der Waals surface area contributed by atoms with Crippen molar-refractivity contribution < 1.29 is 0 Å². The molecule has 8 heteroatoms. The molecule has 3 rings (SSSR count). The Labute approximate surface area is 172 Å². The number of aliphatic imine (C=N–C) groups is 1. The quantitative estimate of drug-likeness (QED) is 0.549. The number of rotatable bonds is 7. The van der Waals surface area contributed by atoms with E-state index in [1.165, 1.54) is 19.4 Å². The Kier molecular flexibility index (Phi) is 7.28. The summed E-state index contributed by atoms with van der Waals surface area (Å²) in [6, 6.07) is 8.37. The minimum absolute atomic E-state index is 0.523. The first-order valence-corrected chi connectivity index (χ1v) is 10.3. The van der Waals surface area contributed by atoms with Gasteiger partial charge in [0.1, 0.15) is 5.82 Å². The van der Waals surface area contributed by atoms with Crippen molar-refractivity contribution in [2.75, 3.05) is 19.6 Å². The average molecular weight is 404 g/mol. The van der Waals surface area contributed by atoms with E-state index in [4.69, 9.17) is 16.6 Å². The van der Waals surface area contributed by atoms with Crippen LogP contribution in [0, 0.1) is 6.92 Å². The molecule has 0 bridgehead atoms. The lowest BCUT2D eigenvalue weighted by Gasteiger charge is -2.24. The third-order valence-corrected chi connectivity index (χ3v) is 5.74. The van der Waals surface area contributed by atoms with Gasteiger partial charge in [0.05, 0.1) is 13.1 Å². The van der Waals surface area contributed by atoms with Gasteiger partial charge in [0.2, 0.25) is 0 Å². The largest absolute Gasteiger partial charge is 0.355 e. The topological polar surface area (TPSA) is 70.4 Å². The van der Waals surface area contributed by atoms with E-state index in [0.717, 1.165) is 41.3 Å². The summed E-state index contributed by atoms with van der Waals surface area (Å²) in [6.45, 7) is 8.40. The molecule has 1 aliphatic heterocycles. The van der Waals surface area contributed by atoms with Crippen LogP contribution in [0.5, 0.6) is 0 Å². The molecule has 0 radical (unpaired) electrons. The standard InChI is InChI=1S/C20H30ClN7/c1-4-28-11-7-9-17(28)13-23-20(22-12-16-8-5-6-10-18(16)21)24-14-19-26-25-15(2)27(19)3/h5-6,8,10,17H,4,7,9,11-14H2,1-3H3,(H2,22,23,24). The van der Waals surface area contributed by atoms with Crippen molar-refractivity contribution in [1.29, 1.82) is 0 Å². The maximum Gasteiger partial charge on any atom is 0.192 e. The van der Waals surface area contributed by atoms with Gasteiger partial charge in [-0.2, -0.15) is 0 Å². The normalized spacial score (nSPS) is 17.9. The molecule has 28 heavy (non-hydrogen) atoms. The zero-order chi connectivity index (χ0) is 19.9. The maximum absolute atomic E-state index is 6.28. The fourth-order valence-electron chi connectivity index (χ4n) is 3.49. The Bertz CT molecular complexity index is 802. The summed E-state index contributed by atoms with van der Waals surface area (Å²) in [7, 11) is 1.97. The Morgan fingerprint density at radius 2 is 2.11 bits per heavy atom. The van der Waals surface area contributed by atoms with E-state index in [2.05, 4.69) is 32.7 Å². The summed E-state index contributed by atoms with van der Waals surface area (Å²) in [5, 5.41) is 16.0. The van der Waals surface area contributed by atoms with Crippen LogP contribution < -0.4 is 10.6 Å². The van der Waals surface area contributed by atoms with Crippen LogP contribution in [0.25, 0.3) is 0 Å². The fourth-order valence-corrected chi connectivity index (χ4v) is 3.69. The molecule has 2 N–H and O–H groups in total. The molecule has 1 atom stereocenters. The molecule has 0 saturated carbocycles. The summed E-state index contributed by atoms with van der Waals surface area (Å²) >= 11 is 6.28. The van der Waals surface area contributed by atoms with Crippen LogP contribution in [0.3, 0.4) is 0 Å². The first-order chi connectivity index (χ1) is 13.6. The van der Waals surface area contributed by atoms with Crippen molar-refractivity contribution in [3.8, 4) is 0 Å². The van der Waals surface area contributed by atoms with E-state index in [1.807, 2.05) is 42.8 Å². The van der Waals surface area contributed by atoms with Gasteiger partial charge < -0.3 is 15.2 Å². The van der Waals surface area contributed by atoms with E-state index in [9.17, 15) is 0 Å². The molecule has 152 valence electrons. The molecular formula is C20H30ClN7. The number of nitrogens with zero attached hydrogens (tertiary/aromatic N) is 5. The first kappa shape index (κ1) is 20.6. The minimum atomic E-state index is 0.523. The van der Waals surface area contributed by atoms with Crippen molar-refractivity contribution in [3.63, 3.8) is 0 Å². The second kappa shape index (κ2) is 9.89. The number of likely N-dealkylation sites (tertiary alicyclic amines) is 1. The molecule has 0 amide bonds. The van der Waals surface area contributed by atoms with Gasteiger partial charge in [0.25, 0.3) is 0 Å². The van der Waals surface area contributed by atoms with Crippen LogP contribution >= 0.6 is 11.6 Å². The molecule has 2 heterocycles. The fraction of sp³-hybridized carbons (Fsp3) is 0.550. The van der Waals surface area contributed by atoms with Crippen LogP contribution in [0.1, 0.15) is 37.0 Å². The number of likely N-dealkylation sites (N-methyl/N-ethyl adjacent to an activating group) is 1. The van der Waals surface area contributed by atoms with Gasteiger partial charge in [0.15, 0.2) is 11.8 Å². The number of nitrogens with one attached hydrogen (secondary N) is 2. The van der Waals surface area contributed by atoms with Gasteiger partial charge in [-0.3, -0.25) is 4.90 Å². The number of halogens is 1. The molecule has 2 aromatic rings. The van der Waals surface area contributed by atoms with E-state index in [0.29, 0.717) is 19.1 Å². The van der Waals surface area contributed by atoms with E-state index < -0.39 is 0 Å². The van der Waals surface area contributed by atoms with Gasteiger partial charge in [-0.1, -0.05) is 36.7 Å². The highest BCUT2D eigenvalue weighted by molar-refractivity contribution is 6.31. The molecule has 1 aromatic heterocycles. The highest BCUT2D eigenvalue weighted by Crippen LogP contribution is 2.16. The number of aromatic nitrogens is 3. The van der Waals surface area contributed by atoms with Crippen LogP contribution in [0.4, 0.5) is 0 Å². The monoisotopic (exact) mass is 403 g/mol. The zero-order valence-corrected chi connectivity index (χ0v) is 17.7. The number of hydrogen-bond acceptors (Lipinski definition) is 4. The predicted molar refractivity (Wildman–Crippen MR) is 113 cm³/mol. The van der Waals surface area contributed by atoms with Gasteiger partial charge >= 0.3 is 0 Å². The molecule has 0 spiro atoms. The SMILES string of the molecule is CCN1CCCC1CNC(=NCc1ccccc1Cl)NCc1nnc(C)n1C. The van der Waals surface area contributed by atoms with Crippen molar-refractivity contribution in [1.82, 2.24) is 30.3 Å². The summed E-state index contributed by atoms with van der Waals surface area (Å²) in [5.74, 6) is 2.54. The van der Waals surface area contributed by atoms with Gasteiger partial charge in [-0.15, -0.1) is 10.2 Å². The van der Waals surface area contributed by atoms with Gasteiger partial charge in [0, 0.05) is 24.7 Å². The molecule has 0 aliphatic carbocycles. The lowest BCUT2D eigenvalue weighted by molar-refractivity contribution is 0.267. The lowest BCUT2D eigenvalue weighted by atomic mass is 10.2. The second-order valence-electron chi connectivity index (χ2n) is 7.14. The van der Waals surface area contributed by atoms with Gasteiger partial charge in [-0.25, -0.2) is 4.99 Å². The van der Waals surface area contributed by atoms with E-state index in [-0.39, 0.29) is 0 Å². The number of benzene rings is 1. The number of hydrogen-bond donors (Lipinski definition) is 2. The van der Waals surface area contributed by atoms with Crippen LogP contribution in [-0.4, -0.2) is 51.3 Å². The highest BCUT2D eigenvalue weighted by atomic mass is 35.5. The minimum Gasteiger partial charge on any atom is -0.355 e. The maximum atomic E-state index is 6.28. The smallest absolute Gasteiger partial charge is 0.192 e. The highest BCUT2D eigenvalue weighted by Gasteiger charge is 2.22. The summed E-state index contributed by atoms with van der Waals surface area (Å²) in [4.78, 5) is 7.27. The molecule has 7 nitrogen and oxygen atoms in total. The average Bonchev–Trinajstić information content (AvgIpc) is 3.29. The lowest BCUT2D eigenvalue weighted by Crippen LogP contribution is -2.44. The van der Waals surface area contributed by atoms with Crippen LogP contribution in [0.15, 0.2) is 29.3 Å². The molecule has 1 aromatic carbocycles. The summed E-state index contributed by atoms with van der Waals surface area (Å²) in [6.07, 6.45) is 2.49. The first-order valence-electron chi connectivity index (χ1n) is 9.93. The predicted octanol–water partition coefficient (Wildman–Crippen LogP) is 2.50. The number of guanidine groups is 1. The van der Waals surface area contributed by atoms with Crippen molar-refractivity contribution in [3.05, 3.63) is 46.5 Å². The third-order valence-electron chi connectivity index (χ3n) is 5.37. The Morgan fingerprint density at radius 3 is 2.82 bits per heavy atom.